The van der Waals surface area contributed by atoms with Crippen molar-refractivity contribution in [2.24, 2.45) is 0 Å². The number of carbonyl (C=O) groups excluding carboxylic acids is 1. The van der Waals surface area contributed by atoms with Gasteiger partial charge in [0.15, 0.2) is 9.84 Å². The Kier molecular flexibility index (Phi) is 4.28. The van der Waals surface area contributed by atoms with Gasteiger partial charge in [-0.25, -0.2) is 18.4 Å². The number of anilines is 1. The van der Waals surface area contributed by atoms with Gasteiger partial charge in [-0.05, 0) is 19.3 Å². The highest BCUT2D eigenvalue weighted by atomic mass is 32.2. The Bertz CT molecular complexity index is 639. The first-order chi connectivity index (χ1) is 10.5. The van der Waals surface area contributed by atoms with Gasteiger partial charge in [0.25, 0.3) is 5.91 Å². The lowest BCUT2D eigenvalue weighted by molar-refractivity contribution is 0.0935. The van der Waals surface area contributed by atoms with Crippen molar-refractivity contribution in [1.29, 1.82) is 0 Å². The molecule has 2 heterocycles. The van der Waals surface area contributed by atoms with E-state index in [2.05, 4.69) is 20.6 Å². The van der Waals surface area contributed by atoms with Crippen molar-refractivity contribution in [2.45, 2.75) is 44.2 Å². The van der Waals surface area contributed by atoms with E-state index in [1.807, 2.05) is 0 Å². The van der Waals surface area contributed by atoms with E-state index in [-0.39, 0.29) is 29.1 Å². The Morgan fingerprint density at radius 2 is 1.86 bits per heavy atom. The fourth-order valence-electron chi connectivity index (χ4n) is 2.97. The van der Waals surface area contributed by atoms with Gasteiger partial charge in [0.1, 0.15) is 11.5 Å². The highest BCUT2D eigenvalue weighted by molar-refractivity contribution is 7.91. The maximum absolute atomic E-state index is 12.0. The molecule has 0 aromatic carbocycles. The summed E-state index contributed by atoms with van der Waals surface area (Å²) in [5, 5.41) is 6.01. The molecule has 8 heteroatoms. The summed E-state index contributed by atoms with van der Waals surface area (Å²) in [6.45, 7) is 0. The number of carbonyl (C=O) groups is 1. The molecule has 2 N–H and O–H groups in total. The Balaban J connectivity index is 1.56. The van der Waals surface area contributed by atoms with E-state index in [9.17, 15) is 13.2 Å². The number of hydrogen-bond acceptors (Lipinski definition) is 6. The first-order valence-electron chi connectivity index (χ1n) is 7.62. The molecule has 1 aliphatic heterocycles. The molecule has 1 saturated carbocycles. The van der Waals surface area contributed by atoms with Crippen LogP contribution in [0.5, 0.6) is 0 Å². The van der Waals surface area contributed by atoms with E-state index in [0.29, 0.717) is 18.3 Å². The molecule has 0 spiro atoms. The smallest absolute Gasteiger partial charge is 0.271 e. The topological polar surface area (TPSA) is 101 Å². The van der Waals surface area contributed by atoms with Crippen LogP contribution >= 0.6 is 0 Å². The van der Waals surface area contributed by atoms with Crippen molar-refractivity contribution in [3.8, 4) is 0 Å². The molecule has 7 nitrogen and oxygen atoms in total. The average Bonchev–Trinajstić information content (AvgIpc) is 3.09. The predicted molar refractivity (Wildman–Crippen MR) is 82.4 cm³/mol. The molecule has 3 rings (SSSR count). The van der Waals surface area contributed by atoms with Crippen LogP contribution in [0.15, 0.2) is 12.4 Å². The summed E-state index contributed by atoms with van der Waals surface area (Å²) in [7, 11) is -3.00. The highest BCUT2D eigenvalue weighted by Crippen LogP contribution is 2.21. The molecule has 2 fully saturated rings. The standard InChI is InChI=1S/C14H20N4O3S/c19-14(18-11-5-6-22(20,21)9-11)12-7-16-13(8-15-12)17-10-3-1-2-4-10/h7-8,10-11H,1-6,9H2,(H,16,17)(H,18,19). The second-order valence-corrected chi connectivity index (χ2v) is 8.21. The summed E-state index contributed by atoms with van der Waals surface area (Å²) in [5.74, 6) is 0.440. The van der Waals surface area contributed by atoms with Gasteiger partial charge in [0.2, 0.25) is 0 Å². The molecule has 120 valence electrons. The number of nitrogens with one attached hydrogen (secondary N) is 2. The van der Waals surface area contributed by atoms with Crippen LogP contribution in [0.3, 0.4) is 0 Å². The van der Waals surface area contributed by atoms with Crippen LogP contribution in [0.25, 0.3) is 0 Å². The van der Waals surface area contributed by atoms with Crippen LogP contribution in [0, 0.1) is 0 Å². The second kappa shape index (κ2) is 6.20. The predicted octanol–water partition coefficient (Wildman–Crippen LogP) is 0.748. The van der Waals surface area contributed by atoms with Gasteiger partial charge in [0, 0.05) is 12.1 Å². The molecule has 1 aromatic heterocycles. The van der Waals surface area contributed by atoms with E-state index in [1.54, 1.807) is 6.20 Å². The van der Waals surface area contributed by atoms with Crippen LogP contribution in [-0.4, -0.2) is 47.9 Å². The number of aromatic nitrogens is 2. The van der Waals surface area contributed by atoms with E-state index < -0.39 is 9.84 Å². The zero-order valence-corrected chi connectivity index (χ0v) is 13.1. The SMILES string of the molecule is O=C(NC1CCS(=O)(=O)C1)c1cnc(NC2CCCC2)cn1. The van der Waals surface area contributed by atoms with Gasteiger partial charge >= 0.3 is 0 Å². The van der Waals surface area contributed by atoms with E-state index in [4.69, 9.17) is 0 Å². The highest BCUT2D eigenvalue weighted by Gasteiger charge is 2.29. The van der Waals surface area contributed by atoms with Gasteiger partial charge < -0.3 is 10.6 Å². The first-order valence-corrected chi connectivity index (χ1v) is 9.44. The minimum atomic E-state index is -3.00. The second-order valence-electron chi connectivity index (χ2n) is 5.99. The molecular weight excluding hydrogens is 304 g/mol. The molecule has 0 bridgehead atoms. The maximum atomic E-state index is 12.0. The largest absolute Gasteiger partial charge is 0.366 e. The fraction of sp³-hybridized carbons (Fsp3) is 0.643. The molecule has 22 heavy (non-hydrogen) atoms. The van der Waals surface area contributed by atoms with E-state index in [0.717, 1.165) is 12.8 Å². The van der Waals surface area contributed by atoms with Gasteiger partial charge in [0.05, 0.1) is 23.9 Å². The van der Waals surface area contributed by atoms with Crippen LogP contribution in [0.2, 0.25) is 0 Å². The number of nitrogens with zero attached hydrogens (tertiary/aromatic N) is 2. The van der Waals surface area contributed by atoms with Gasteiger partial charge in [-0.15, -0.1) is 0 Å². The lowest BCUT2D eigenvalue weighted by Gasteiger charge is -2.13. The van der Waals surface area contributed by atoms with Crippen molar-refractivity contribution < 1.29 is 13.2 Å². The summed E-state index contributed by atoms with van der Waals surface area (Å²) in [5.41, 5.74) is 0.210. The molecule has 1 aromatic rings. The summed E-state index contributed by atoms with van der Waals surface area (Å²) < 4.78 is 22.8. The third-order valence-corrected chi connectivity index (χ3v) is 5.93. The average molecular weight is 324 g/mol. The summed E-state index contributed by atoms with van der Waals surface area (Å²) in [6.07, 6.45) is 8.18. The molecule has 1 amide bonds. The third kappa shape index (κ3) is 3.73. The summed E-state index contributed by atoms with van der Waals surface area (Å²) in [6, 6.07) is 0.119. The Morgan fingerprint density at radius 1 is 1.09 bits per heavy atom. The Hall–Kier alpha value is -1.70. The van der Waals surface area contributed by atoms with Crippen molar-refractivity contribution in [2.75, 3.05) is 16.8 Å². The lowest BCUT2D eigenvalue weighted by Crippen LogP contribution is -2.36. The van der Waals surface area contributed by atoms with Crippen molar-refractivity contribution in [3.05, 3.63) is 18.1 Å². The number of amides is 1. The maximum Gasteiger partial charge on any atom is 0.271 e. The number of rotatable bonds is 4. The zero-order valence-electron chi connectivity index (χ0n) is 12.3. The van der Waals surface area contributed by atoms with E-state index >= 15 is 0 Å². The molecule has 1 aliphatic carbocycles. The van der Waals surface area contributed by atoms with Crippen LogP contribution < -0.4 is 10.6 Å². The summed E-state index contributed by atoms with van der Waals surface area (Å²) >= 11 is 0. The van der Waals surface area contributed by atoms with Crippen molar-refractivity contribution in [3.63, 3.8) is 0 Å². The molecule has 2 aliphatic rings. The Morgan fingerprint density at radius 3 is 2.45 bits per heavy atom. The van der Waals surface area contributed by atoms with E-state index in [1.165, 1.54) is 19.0 Å². The molecular formula is C14H20N4O3S. The van der Waals surface area contributed by atoms with Crippen molar-refractivity contribution in [1.82, 2.24) is 15.3 Å². The van der Waals surface area contributed by atoms with Crippen LogP contribution in [-0.2, 0) is 9.84 Å². The van der Waals surface area contributed by atoms with Gasteiger partial charge in [-0.2, -0.15) is 0 Å². The quantitative estimate of drug-likeness (QED) is 0.847. The van der Waals surface area contributed by atoms with Gasteiger partial charge in [-0.3, -0.25) is 4.79 Å². The Labute approximate surface area is 129 Å². The summed E-state index contributed by atoms with van der Waals surface area (Å²) in [4.78, 5) is 20.4. The molecule has 0 radical (unpaired) electrons. The van der Waals surface area contributed by atoms with Crippen LogP contribution in [0.1, 0.15) is 42.6 Å². The normalized spacial score (nSPS) is 24.3. The monoisotopic (exact) mass is 324 g/mol. The minimum absolute atomic E-state index is 0.00743. The number of sulfone groups is 1. The first kappa shape index (κ1) is 15.2. The lowest BCUT2D eigenvalue weighted by atomic mass is 10.2. The minimum Gasteiger partial charge on any atom is -0.366 e. The fourth-order valence-corrected chi connectivity index (χ4v) is 4.64. The number of hydrogen-bond donors (Lipinski definition) is 2. The molecule has 1 atom stereocenters. The van der Waals surface area contributed by atoms with Crippen molar-refractivity contribution >= 4 is 21.6 Å². The zero-order chi connectivity index (χ0) is 15.6. The molecule has 1 saturated heterocycles. The van der Waals surface area contributed by atoms with Gasteiger partial charge in [-0.1, -0.05) is 12.8 Å². The third-order valence-electron chi connectivity index (χ3n) is 4.16. The van der Waals surface area contributed by atoms with Crippen LogP contribution in [0.4, 0.5) is 5.82 Å². The molecule has 1 unspecified atom stereocenters.